The Hall–Kier alpha value is -7.36. The normalized spacial score (nSPS) is 13.3. The maximum atomic E-state index is 6.33. The first-order valence-corrected chi connectivity index (χ1v) is 20.1. The summed E-state index contributed by atoms with van der Waals surface area (Å²) in [6.45, 7) is 10.4. The number of anilines is 1. The second-order valence-electron chi connectivity index (χ2n) is 14.6. The third-order valence-electron chi connectivity index (χ3n) is 10.7. The van der Waals surface area contributed by atoms with Crippen molar-refractivity contribution in [2.75, 3.05) is 5.32 Å². The fourth-order valence-corrected chi connectivity index (χ4v) is 7.51. The fraction of sp³-hybridized carbons (Fsp3) is 0.0714. The molecule has 0 aliphatic heterocycles. The van der Waals surface area contributed by atoms with Crippen molar-refractivity contribution < 1.29 is 8.83 Å². The van der Waals surface area contributed by atoms with E-state index in [0.717, 1.165) is 88.9 Å². The molecule has 0 amide bonds. The molecule has 0 radical (unpaired) electrons. The number of rotatable bonds is 13. The van der Waals surface area contributed by atoms with Gasteiger partial charge in [0, 0.05) is 44.7 Å². The summed E-state index contributed by atoms with van der Waals surface area (Å²) in [4.78, 5) is 0. The lowest BCUT2D eigenvalue weighted by atomic mass is 9.97. The van der Waals surface area contributed by atoms with Gasteiger partial charge >= 0.3 is 0 Å². The molecular weight excluding hydrogens is 719 g/mol. The monoisotopic (exact) mass is 765 g/mol. The van der Waals surface area contributed by atoms with Crippen LogP contribution in [0.25, 0.3) is 67.3 Å². The molecule has 3 heteroatoms. The number of furan rings is 2. The Labute approximate surface area is 347 Å². The molecule has 1 unspecified atom stereocenters. The second kappa shape index (κ2) is 17.8. The molecule has 0 aliphatic rings. The molecule has 8 rings (SSSR count). The van der Waals surface area contributed by atoms with Crippen LogP contribution in [0.15, 0.2) is 221 Å². The van der Waals surface area contributed by atoms with Crippen molar-refractivity contribution in [3.05, 3.63) is 235 Å². The fourth-order valence-electron chi connectivity index (χ4n) is 7.51. The molecule has 1 N–H and O–H groups in total. The molecule has 0 bridgehead atoms. The van der Waals surface area contributed by atoms with E-state index >= 15 is 0 Å². The maximum absolute atomic E-state index is 6.33. The van der Waals surface area contributed by atoms with Crippen LogP contribution in [0.4, 0.5) is 5.69 Å². The Bertz CT molecular complexity index is 2930. The van der Waals surface area contributed by atoms with Gasteiger partial charge in [-0.3, -0.25) is 0 Å². The molecule has 6 aromatic carbocycles. The summed E-state index contributed by atoms with van der Waals surface area (Å²) < 4.78 is 12.6. The number of allylic oxidation sites excluding steroid dienone is 10. The van der Waals surface area contributed by atoms with E-state index in [0.29, 0.717) is 0 Å². The standard InChI is InChI=1S/C56H47NO2/c1-5-15-43(30-26-39(3)42-17-8-7-9-18-42)44(31-27-41-28-32-45(33-29-41)50-23-13-24-52-51-20-10-11-25-54(51)59-56(50)52)19-14-38-57-47-36-34-46(35-37-47)49-22-12-21-48-40(4)53(16-6-2)58-55(48)49/h5-39,57H,1H2,2-4H3/b16-6-,30-26-,31-27-,38-14+,43-15+,44-19+. The molecule has 0 aliphatic carbocycles. The van der Waals surface area contributed by atoms with Crippen molar-refractivity contribution in [3.8, 4) is 22.3 Å². The minimum absolute atomic E-state index is 0.248. The third kappa shape index (κ3) is 8.51. The molecule has 0 saturated carbocycles. The van der Waals surface area contributed by atoms with Crippen molar-refractivity contribution in [2.24, 2.45) is 0 Å². The molecule has 1 atom stereocenters. The van der Waals surface area contributed by atoms with E-state index in [2.05, 4.69) is 190 Å². The zero-order valence-corrected chi connectivity index (χ0v) is 33.7. The quantitative estimate of drug-likeness (QED) is 0.119. The maximum Gasteiger partial charge on any atom is 0.143 e. The van der Waals surface area contributed by atoms with Crippen LogP contribution < -0.4 is 5.32 Å². The van der Waals surface area contributed by atoms with Crippen molar-refractivity contribution in [3.63, 3.8) is 0 Å². The third-order valence-corrected chi connectivity index (χ3v) is 10.7. The summed E-state index contributed by atoms with van der Waals surface area (Å²) >= 11 is 0. The molecule has 0 fully saturated rings. The van der Waals surface area contributed by atoms with Crippen molar-refractivity contribution in [1.29, 1.82) is 0 Å². The van der Waals surface area contributed by atoms with Gasteiger partial charge in [-0.05, 0) is 83.5 Å². The molecule has 59 heavy (non-hydrogen) atoms. The van der Waals surface area contributed by atoms with Gasteiger partial charge in [-0.15, -0.1) is 0 Å². The van der Waals surface area contributed by atoms with E-state index in [-0.39, 0.29) is 5.92 Å². The van der Waals surface area contributed by atoms with Gasteiger partial charge < -0.3 is 14.2 Å². The van der Waals surface area contributed by atoms with E-state index in [9.17, 15) is 0 Å². The number of benzene rings is 6. The van der Waals surface area contributed by atoms with Crippen LogP contribution in [0.5, 0.6) is 0 Å². The highest BCUT2D eigenvalue weighted by Crippen LogP contribution is 2.37. The average molecular weight is 766 g/mol. The van der Waals surface area contributed by atoms with Crippen LogP contribution >= 0.6 is 0 Å². The number of hydrogen-bond donors (Lipinski definition) is 1. The minimum Gasteiger partial charge on any atom is -0.456 e. The van der Waals surface area contributed by atoms with Gasteiger partial charge in [0.2, 0.25) is 0 Å². The van der Waals surface area contributed by atoms with Gasteiger partial charge in [0.05, 0.1) is 0 Å². The van der Waals surface area contributed by atoms with Gasteiger partial charge in [0.1, 0.15) is 22.5 Å². The Morgan fingerprint density at radius 1 is 0.627 bits per heavy atom. The molecule has 0 spiro atoms. The largest absolute Gasteiger partial charge is 0.456 e. The van der Waals surface area contributed by atoms with Gasteiger partial charge in [0.25, 0.3) is 0 Å². The summed E-state index contributed by atoms with van der Waals surface area (Å²) in [5.41, 5.74) is 13.7. The molecule has 0 saturated heterocycles. The molecule has 8 aromatic rings. The van der Waals surface area contributed by atoms with Crippen LogP contribution in [0.3, 0.4) is 0 Å². The highest BCUT2D eigenvalue weighted by Gasteiger charge is 2.14. The second-order valence-corrected chi connectivity index (χ2v) is 14.6. The number of aryl methyl sites for hydroxylation is 1. The van der Waals surface area contributed by atoms with Crippen molar-refractivity contribution >= 4 is 50.7 Å². The van der Waals surface area contributed by atoms with Crippen LogP contribution in [-0.4, -0.2) is 0 Å². The molecule has 3 nitrogen and oxygen atoms in total. The topological polar surface area (TPSA) is 38.3 Å². The number of para-hydroxylation sites is 3. The lowest BCUT2D eigenvalue weighted by molar-refractivity contribution is 0.602. The van der Waals surface area contributed by atoms with Crippen LogP contribution in [-0.2, 0) is 0 Å². The Kier molecular flexibility index (Phi) is 11.6. The van der Waals surface area contributed by atoms with Crippen LogP contribution in [0.1, 0.15) is 42.2 Å². The van der Waals surface area contributed by atoms with Crippen molar-refractivity contribution in [2.45, 2.75) is 26.7 Å². The van der Waals surface area contributed by atoms with Gasteiger partial charge in [-0.25, -0.2) is 0 Å². The number of fused-ring (bicyclic) bond motifs is 4. The van der Waals surface area contributed by atoms with Crippen molar-refractivity contribution in [1.82, 2.24) is 0 Å². The van der Waals surface area contributed by atoms with E-state index < -0.39 is 0 Å². The van der Waals surface area contributed by atoms with E-state index in [1.165, 1.54) is 5.56 Å². The van der Waals surface area contributed by atoms with E-state index in [1.54, 1.807) is 0 Å². The first kappa shape index (κ1) is 38.5. The SMILES string of the molecule is C=C/C=C(\C=C/C(C)c1ccccc1)C(/C=C\c1ccc(-c2cccc3c2oc2ccccc23)cc1)=C/C=C/Nc1ccc(-c2cccc3c(C)c(/C=C\C)oc23)cc1. The van der Waals surface area contributed by atoms with E-state index in [1.807, 2.05) is 49.6 Å². The van der Waals surface area contributed by atoms with Gasteiger partial charge in [-0.1, -0.05) is 183 Å². The lowest BCUT2D eigenvalue weighted by Crippen LogP contribution is -1.90. The van der Waals surface area contributed by atoms with Crippen LogP contribution in [0, 0.1) is 6.92 Å². The summed E-state index contributed by atoms with van der Waals surface area (Å²) in [7, 11) is 0. The van der Waals surface area contributed by atoms with Crippen LogP contribution in [0.2, 0.25) is 0 Å². The molecular formula is C56H47NO2. The summed E-state index contributed by atoms with van der Waals surface area (Å²) in [5.74, 6) is 1.15. The summed E-state index contributed by atoms with van der Waals surface area (Å²) in [6, 6.07) is 48.6. The smallest absolute Gasteiger partial charge is 0.143 e. The van der Waals surface area contributed by atoms with Gasteiger partial charge in [0.15, 0.2) is 0 Å². The number of hydrogen-bond acceptors (Lipinski definition) is 3. The van der Waals surface area contributed by atoms with Gasteiger partial charge in [-0.2, -0.15) is 0 Å². The molecule has 288 valence electrons. The first-order chi connectivity index (χ1) is 29.0. The summed E-state index contributed by atoms with van der Waals surface area (Å²) in [5, 5.41) is 6.86. The Balaban J connectivity index is 1.04. The average Bonchev–Trinajstić information content (AvgIpc) is 3.82. The molecule has 2 aromatic heterocycles. The number of nitrogens with one attached hydrogen (secondary N) is 1. The van der Waals surface area contributed by atoms with E-state index in [4.69, 9.17) is 8.83 Å². The predicted molar refractivity (Wildman–Crippen MR) is 252 cm³/mol. The lowest BCUT2D eigenvalue weighted by Gasteiger charge is -2.09. The minimum atomic E-state index is 0.248. The highest BCUT2D eigenvalue weighted by molar-refractivity contribution is 6.09. The Morgan fingerprint density at radius 3 is 2.00 bits per heavy atom. The summed E-state index contributed by atoms with van der Waals surface area (Å²) in [6.07, 6.45) is 22.8. The Morgan fingerprint density at radius 2 is 1.27 bits per heavy atom. The molecule has 2 heterocycles. The zero-order chi connectivity index (χ0) is 40.6. The zero-order valence-electron chi connectivity index (χ0n) is 33.7. The first-order valence-electron chi connectivity index (χ1n) is 20.1. The highest BCUT2D eigenvalue weighted by atomic mass is 16.3. The predicted octanol–water partition coefficient (Wildman–Crippen LogP) is 16.0.